The zero-order valence-corrected chi connectivity index (χ0v) is 12.3. The molecule has 2 atom stereocenters. The Bertz CT molecular complexity index is 317. The molecule has 0 spiro atoms. The van der Waals surface area contributed by atoms with Crippen molar-refractivity contribution in [3.05, 3.63) is 0 Å². The van der Waals surface area contributed by atoms with E-state index < -0.39 is 15.3 Å². The van der Waals surface area contributed by atoms with Crippen molar-refractivity contribution in [2.45, 2.75) is 38.5 Å². The fourth-order valence-electron chi connectivity index (χ4n) is 0.999. The highest BCUT2D eigenvalue weighted by Crippen LogP contribution is 2.06. The van der Waals surface area contributed by atoms with Crippen LogP contribution >= 0.6 is 24.0 Å². The van der Waals surface area contributed by atoms with Crippen LogP contribution in [0.4, 0.5) is 0 Å². The number of thiocarbonyl (C=S) groups is 1. The molecule has 0 aliphatic heterocycles. The smallest absolute Gasteiger partial charge is 0.220 e. The summed E-state index contributed by atoms with van der Waals surface area (Å²) in [7, 11) is -3.42. The van der Waals surface area contributed by atoms with Crippen LogP contribution in [0, 0.1) is 0 Å². The predicted octanol–water partition coefficient (Wildman–Crippen LogP) is 1.11. The number of rotatable bonds is 8. The van der Waals surface area contributed by atoms with Gasteiger partial charge in [0.2, 0.25) is 10.0 Å². The van der Waals surface area contributed by atoms with E-state index in [0.717, 1.165) is 17.9 Å². The second-order valence-corrected chi connectivity index (χ2v) is 7.49. The molecule has 3 N–H and O–H groups in total. The van der Waals surface area contributed by atoms with E-state index in [0.29, 0.717) is 0 Å². The maximum atomic E-state index is 11.7. The highest BCUT2D eigenvalue weighted by molar-refractivity contribution is 7.99. The maximum Gasteiger partial charge on any atom is 0.220 e. The summed E-state index contributed by atoms with van der Waals surface area (Å²) >= 11 is 6.47. The van der Waals surface area contributed by atoms with Gasteiger partial charge in [0, 0.05) is 6.04 Å². The first-order valence-electron chi connectivity index (χ1n) is 5.19. The van der Waals surface area contributed by atoms with Crippen molar-refractivity contribution < 1.29 is 8.42 Å². The Morgan fingerprint density at radius 2 is 2.06 bits per heavy atom. The molecule has 0 saturated heterocycles. The topological polar surface area (TPSA) is 72.2 Å². The normalized spacial score (nSPS) is 15.7. The quantitative estimate of drug-likeness (QED) is 0.516. The molecule has 96 valence electrons. The molecule has 0 aromatic rings. The Morgan fingerprint density at radius 1 is 1.50 bits per heavy atom. The lowest BCUT2D eigenvalue weighted by atomic mass is 10.3. The second kappa shape index (κ2) is 7.47. The van der Waals surface area contributed by atoms with Gasteiger partial charge in [-0.05, 0) is 31.8 Å². The summed E-state index contributed by atoms with van der Waals surface area (Å²) < 4.78 is 26.0. The van der Waals surface area contributed by atoms with Crippen molar-refractivity contribution in [2.75, 3.05) is 11.5 Å². The van der Waals surface area contributed by atoms with Gasteiger partial charge >= 0.3 is 0 Å². The number of nitrogens with one attached hydrogen (secondary N) is 1. The second-order valence-electron chi connectivity index (χ2n) is 3.59. The van der Waals surface area contributed by atoms with Crippen LogP contribution in [-0.4, -0.2) is 36.2 Å². The molecule has 16 heavy (non-hydrogen) atoms. The third-order valence-electron chi connectivity index (χ3n) is 2.13. The van der Waals surface area contributed by atoms with Gasteiger partial charge in [-0.25, -0.2) is 13.1 Å². The van der Waals surface area contributed by atoms with Crippen molar-refractivity contribution in [2.24, 2.45) is 5.73 Å². The summed E-state index contributed by atoms with van der Waals surface area (Å²) in [6, 6.07) is -0.0825. The standard InChI is InChI=1S/C9H20N2O2S3/c1-4-15-6-5-7(2)11-16(12,13)8(3)9(10)14/h7-8,11H,4-6H2,1-3H3,(H2,10,14). The average molecular weight is 284 g/mol. The Kier molecular flexibility index (Phi) is 7.54. The van der Waals surface area contributed by atoms with Crippen LogP contribution < -0.4 is 10.5 Å². The number of sulfonamides is 1. The maximum absolute atomic E-state index is 11.7. The molecule has 7 heteroatoms. The minimum Gasteiger partial charge on any atom is -0.392 e. The molecule has 0 aliphatic rings. The van der Waals surface area contributed by atoms with Gasteiger partial charge in [0.05, 0.1) is 4.99 Å². The Balaban J connectivity index is 4.21. The third-order valence-corrected chi connectivity index (χ3v) is 5.48. The summed E-state index contributed by atoms with van der Waals surface area (Å²) in [6.07, 6.45) is 0.807. The summed E-state index contributed by atoms with van der Waals surface area (Å²) in [5, 5.41) is -0.816. The van der Waals surface area contributed by atoms with E-state index in [1.165, 1.54) is 6.92 Å². The van der Waals surface area contributed by atoms with Gasteiger partial charge < -0.3 is 5.73 Å². The fraction of sp³-hybridized carbons (Fsp3) is 0.889. The van der Waals surface area contributed by atoms with Crippen LogP contribution in [0.15, 0.2) is 0 Å². The molecule has 0 aromatic carbocycles. The van der Waals surface area contributed by atoms with E-state index in [9.17, 15) is 8.42 Å². The molecular formula is C9H20N2O2S3. The van der Waals surface area contributed by atoms with Crippen LogP contribution in [0.25, 0.3) is 0 Å². The van der Waals surface area contributed by atoms with E-state index in [1.54, 1.807) is 11.8 Å². The molecule has 0 aromatic heterocycles. The van der Waals surface area contributed by atoms with Gasteiger partial charge in [0.25, 0.3) is 0 Å². The SMILES string of the molecule is CCSCCC(C)NS(=O)(=O)C(C)C(N)=S. The van der Waals surface area contributed by atoms with E-state index in [2.05, 4.69) is 23.9 Å². The lowest BCUT2D eigenvalue weighted by molar-refractivity contribution is 0.554. The van der Waals surface area contributed by atoms with Crippen LogP contribution in [0.2, 0.25) is 0 Å². The first-order valence-corrected chi connectivity index (χ1v) is 8.30. The van der Waals surface area contributed by atoms with Crippen molar-refractivity contribution in [3.8, 4) is 0 Å². The number of nitrogens with two attached hydrogens (primary N) is 1. The van der Waals surface area contributed by atoms with Gasteiger partial charge in [-0.3, -0.25) is 0 Å². The highest BCUT2D eigenvalue weighted by atomic mass is 32.2. The molecule has 0 saturated carbocycles. The molecule has 0 aliphatic carbocycles. The first kappa shape index (κ1) is 16.1. The molecule has 2 unspecified atom stereocenters. The molecule has 0 fully saturated rings. The van der Waals surface area contributed by atoms with Crippen molar-refractivity contribution >= 4 is 39.0 Å². The number of thioether (sulfide) groups is 1. The largest absolute Gasteiger partial charge is 0.392 e. The van der Waals surface area contributed by atoms with Gasteiger partial charge in [0.1, 0.15) is 5.25 Å². The minimum absolute atomic E-state index is 0.00244. The van der Waals surface area contributed by atoms with Crippen molar-refractivity contribution in [1.29, 1.82) is 0 Å². The molecule has 4 nitrogen and oxygen atoms in total. The van der Waals surface area contributed by atoms with Gasteiger partial charge in [-0.2, -0.15) is 11.8 Å². The lowest BCUT2D eigenvalue weighted by Crippen LogP contribution is -2.43. The van der Waals surface area contributed by atoms with Crippen LogP contribution in [0.5, 0.6) is 0 Å². The van der Waals surface area contributed by atoms with Gasteiger partial charge in [-0.15, -0.1) is 0 Å². The molecule has 0 amide bonds. The van der Waals surface area contributed by atoms with Crippen molar-refractivity contribution in [1.82, 2.24) is 4.72 Å². The fourth-order valence-corrected chi connectivity index (χ4v) is 3.38. The Hall–Kier alpha value is 0.150. The Morgan fingerprint density at radius 3 is 2.50 bits per heavy atom. The molecule has 0 radical (unpaired) electrons. The van der Waals surface area contributed by atoms with E-state index >= 15 is 0 Å². The number of hydrogen-bond acceptors (Lipinski definition) is 4. The monoisotopic (exact) mass is 284 g/mol. The molecule has 0 rings (SSSR count). The third kappa shape index (κ3) is 6.03. The van der Waals surface area contributed by atoms with Crippen LogP contribution in [-0.2, 0) is 10.0 Å². The molecule has 0 heterocycles. The zero-order chi connectivity index (χ0) is 12.8. The highest BCUT2D eigenvalue weighted by Gasteiger charge is 2.24. The van der Waals surface area contributed by atoms with Gasteiger partial charge in [0.15, 0.2) is 0 Å². The van der Waals surface area contributed by atoms with E-state index in [4.69, 9.17) is 5.73 Å². The lowest BCUT2D eigenvalue weighted by Gasteiger charge is -2.17. The number of hydrogen-bond donors (Lipinski definition) is 2. The van der Waals surface area contributed by atoms with Crippen LogP contribution in [0.3, 0.4) is 0 Å². The molecular weight excluding hydrogens is 264 g/mol. The zero-order valence-electron chi connectivity index (χ0n) is 9.89. The minimum atomic E-state index is -3.42. The predicted molar refractivity (Wildman–Crippen MR) is 75.4 cm³/mol. The molecule has 0 bridgehead atoms. The van der Waals surface area contributed by atoms with Crippen LogP contribution in [0.1, 0.15) is 27.2 Å². The van der Waals surface area contributed by atoms with E-state index in [-0.39, 0.29) is 11.0 Å². The van der Waals surface area contributed by atoms with E-state index in [1.807, 2.05) is 6.92 Å². The summed E-state index contributed by atoms with van der Waals surface area (Å²) in [5.41, 5.74) is 5.33. The summed E-state index contributed by atoms with van der Waals surface area (Å²) in [6.45, 7) is 5.42. The van der Waals surface area contributed by atoms with Gasteiger partial charge in [-0.1, -0.05) is 19.1 Å². The van der Waals surface area contributed by atoms with Crippen molar-refractivity contribution in [3.63, 3.8) is 0 Å². The average Bonchev–Trinajstić information content (AvgIpc) is 2.16. The summed E-state index contributed by atoms with van der Waals surface area (Å²) in [5.74, 6) is 1.99. The Labute approximate surface area is 108 Å². The summed E-state index contributed by atoms with van der Waals surface area (Å²) in [4.78, 5) is 0.00244. The first-order chi connectivity index (χ1) is 7.31.